The SMILES string of the molecule is CN.O=S(=O)([O-])O.O=S(=O)([O-])[O-].[Cr+3]. The first-order chi connectivity index (χ1) is 5.00. The van der Waals surface area contributed by atoms with Crippen LogP contribution < -0.4 is 5.73 Å². The van der Waals surface area contributed by atoms with Crippen LogP contribution in [0.3, 0.4) is 0 Å². The van der Waals surface area contributed by atoms with Crippen molar-refractivity contribution in [1.29, 1.82) is 0 Å². The largest absolute Gasteiger partial charge is 3.00 e. The first-order valence-electron chi connectivity index (χ1n) is 1.93. The molecule has 0 amide bonds. The molecule has 0 aliphatic rings. The molecule has 0 bridgehead atoms. The van der Waals surface area contributed by atoms with Gasteiger partial charge < -0.3 is 19.4 Å². The van der Waals surface area contributed by atoms with Gasteiger partial charge in [0.15, 0.2) is 0 Å². The van der Waals surface area contributed by atoms with E-state index in [9.17, 15) is 0 Å². The molecule has 0 atom stereocenters. The molecule has 0 spiro atoms. The van der Waals surface area contributed by atoms with E-state index < -0.39 is 20.8 Å². The number of hydrogen-bond acceptors (Lipinski definition) is 8. The smallest absolute Gasteiger partial charge is 0.759 e. The van der Waals surface area contributed by atoms with E-state index in [4.69, 9.17) is 35.0 Å². The van der Waals surface area contributed by atoms with Crippen LogP contribution in [-0.2, 0) is 38.2 Å². The Labute approximate surface area is 86.2 Å². The van der Waals surface area contributed by atoms with E-state index >= 15 is 0 Å². The molecule has 0 unspecified atom stereocenters. The molecular formula is CH6CrNO8S2. The standard InChI is InChI=1S/CH5N.Cr.2H2O4S/c1-2;;2*1-5(2,3)4/h2H2,1H3;;2*(H2,1,2,3,4)/q;+3;;/p-3. The van der Waals surface area contributed by atoms with Crippen LogP contribution in [0.2, 0.25) is 0 Å². The van der Waals surface area contributed by atoms with Gasteiger partial charge >= 0.3 is 17.4 Å². The quantitative estimate of drug-likeness (QED) is 0.349. The van der Waals surface area contributed by atoms with Crippen molar-refractivity contribution in [3.05, 3.63) is 0 Å². The van der Waals surface area contributed by atoms with Gasteiger partial charge in [-0.1, -0.05) is 0 Å². The second-order valence-corrected chi connectivity index (χ2v) is 2.51. The first kappa shape index (κ1) is 23.2. The third kappa shape index (κ3) is 23700. The maximum Gasteiger partial charge on any atom is 3.00 e. The average molecular weight is 276 g/mol. The van der Waals surface area contributed by atoms with Crippen molar-refractivity contribution in [1.82, 2.24) is 0 Å². The van der Waals surface area contributed by atoms with Gasteiger partial charge in [0, 0.05) is 10.4 Å². The van der Waals surface area contributed by atoms with Crippen LogP contribution in [0.25, 0.3) is 0 Å². The molecule has 0 aromatic carbocycles. The van der Waals surface area contributed by atoms with Gasteiger partial charge in [0.2, 0.25) is 10.4 Å². The van der Waals surface area contributed by atoms with E-state index in [1.807, 2.05) is 0 Å². The fraction of sp³-hybridized carbons (Fsp3) is 1.00. The molecule has 12 heteroatoms. The summed E-state index contributed by atoms with van der Waals surface area (Å²) in [7, 11) is -8.58. The fourth-order valence-electron chi connectivity index (χ4n) is 0. The molecule has 0 heterocycles. The zero-order valence-corrected chi connectivity index (χ0v) is 9.02. The van der Waals surface area contributed by atoms with E-state index in [1.165, 1.54) is 7.05 Å². The Kier molecular flexibility index (Phi) is 18.4. The predicted octanol–water partition coefficient (Wildman–Crippen LogP) is -2.76. The summed E-state index contributed by atoms with van der Waals surface area (Å²) in [5.41, 5.74) is 4.50. The zero-order valence-electron chi connectivity index (χ0n) is 6.11. The molecule has 3 N–H and O–H groups in total. The van der Waals surface area contributed by atoms with Crippen LogP contribution in [0.1, 0.15) is 0 Å². The Bertz CT molecular complexity index is 219. The molecular weight excluding hydrogens is 270 g/mol. The molecule has 81 valence electrons. The van der Waals surface area contributed by atoms with Crippen molar-refractivity contribution < 1.29 is 52.4 Å². The van der Waals surface area contributed by atoms with Gasteiger partial charge in [0.1, 0.15) is 0 Å². The number of rotatable bonds is 0. The minimum atomic E-state index is -5.17. The molecule has 13 heavy (non-hydrogen) atoms. The maximum absolute atomic E-state index is 8.63. The molecule has 1 radical (unpaired) electrons. The van der Waals surface area contributed by atoms with Gasteiger partial charge in [-0.05, 0) is 7.05 Å². The van der Waals surface area contributed by atoms with Crippen molar-refractivity contribution in [3.8, 4) is 0 Å². The Hall–Kier alpha value is 0.232. The first-order valence-corrected chi connectivity index (χ1v) is 4.63. The monoisotopic (exact) mass is 276 g/mol. The zero-order chi connectivity index (χ0) is 11.0. The molecule has 0 aromatic heterocycles. The van der Waals surface area contributed by atoms with E-state index in [1.54, 1.807) is 0 Å². The van der Waals surface area contributed by atoms with Gasteiger partial charge in [-0.3, -0.25) is 13.0 Å². The minimum Gasteiger partial charge on any atom is -0.759 e. The molecule has 0 aromatic rings. The molecule has 9 nitrogen and oxygen atoms in total. The van der Waals surface area contributed by atoms with Gasteiger partial charge in [-0.15, -0.1) is 0 Å². The van der Waals surface area contributed by atoms with E-state index in [0.29, 0.717) is 0 Å². The predicted molar refractivity (Wildman–Crippen MR) is 32.9 cm³/mol. The van der Waals surface area contributed by atoms with Gasteiger partial charge in [-0.25, -0.2) is 8.42 Å². The molecule has 0 aliphatic carbocycles. The molecule has 0 aliphatic heterocycles. The maximum atomic E-state index is 8.63. The summed E-state index contributed by atoms with van der Waals surface area (Å²) in [6, 6.07) is 0. The Balaban J connectivity index is -0.0000000491. The second-order valence-electron chi connectivity index (χ2n) is 0.836. The van der Waals surface area contributed by atoms with E-state index in [0.717, 1.165) is 0 Å². The molecule has 0 fully saturated rings. The Morgan fingerprint density at radius 1 is 1.00 bits per heavy atom. The third-order valence-corrected chi connectivity index (χ3v) is 0. The molecule has 0 saturated carbocycles. The summed E-state index contributed by atoms with van der Waals surface area (Å²) in [6.45, 7) is 0. The third-order valence-electron chi connectivity index (χ3n) is 0. The van der Waals surface area contributed by atoms with Crippen LogP contribution in [0.4, 0.5) is 0 Å². The van der Waals surface area contributed by atoms with Crippen molar-refractivity contribution in [2.75, 3.05) is 7.05 Å². The van der Waals surface area contributed by atoms with E-state index in [-0.39, 0.29) is 17.4 Å². The Morgan fingerprint density at radius 2 is 1.00 bits per heavy atom. The molecule has 0 saturated heterocycles. The van der Waals surface area contributed by atoms with Crippen LogP contribution in [-0.4, -0.2) is 42.1 Å². The molecule has 0 rings (SSSR count). The van der Waals surface area contributed by atoms with Crippen LogP contribution >= 0.6 is 0 Å². The summed E-state index contributed by atoms with van der Waals surface area (Å²) < 4.78 is 66.9. The Morgan fingerprint density at radius 3 is 1.00 bits per heavy atom. The summed E-state index contributed by atoms with van der Waals surface area (Å²) >= 11 is 0. The van der Waals surface area contributed by atoms with Crippen LogP contribution in [0, 0.1) is 0 Å². The van der Waals surface area contributed by atoms with Gasteiger partial charge in [0.25, 0.3) is 0 Å². The van der Waals surface area contributed by atoms with Crippen molar-refractivity contribution in [3.63, 3.8) is 0 Å². The van der Waals surface area contributed by atoms with E-state index in [2.05, 4.69) is 5.73 Å². The number of nitrogens with two attached hydrogens (primary N) is 1. The van der Waals surface area contributed by atoms with Crippen LogP contribution in [0.5, 0.6) is 0 Å². The van der Waals surface area contributed by atoms with Crippen molar-refractivity contribution in [2.45, 2.75) is 0 Å². The number of hydrogen-bond donors (Lipinski definition) is 2. The summed E-state index contributed by atoms with van der Waals surface area (Å²) in [6.07, 6.45) is 0. The summed E-state index contributed by atoms with van der Waals surface area (Å²) in [5, 5.41) is 0. The van der Waals surface area contributed by atoms with Crippen molar-refractivity contribution in [2.24, 2.45) is 5.73 Å². The van der Waals surface area contributed by atoms with Crippen LogP contribution in [0.15, 0.2) is 0 Å². The van der Waals surface area contributed by atoms with Gasteiger partial charge in [-0.2, -0.15) is 0 Å². The summed E-state index contributed by atoms with van der Waals surface area (Å²) in [4.78, 5) is 0. The second kappa shape index (κ2) is 10.3. The summed E-state index contributed by atoms with van der Waals surface area (Å²) in [5.74, 6) is 0. The fourth-order valence-corrected chi connectivity index (χ4v) is 0. The van der Waals surface area contributed by atoms with Crippen molar-refractivity contribution >= 4 is 20.8 Å². The van der Waals surface area contributed by atoms with Gasteiger partial charge in [0.05, 0.1) is 0 Å². The minimum absolute atomic E-state index is 0. The average Bonchev–Trinajstić information content (AvgIpc) is 1.59. The topological polar surface area (TPSA) is 184 Å². The normalized spacial score (nSPS) is 9.38.